The van der Waals surface area contributed by atoms with Crippen molar-refractivity contribution >= 4 is 19.0 Å². The van der Waals surface area contributed by atoms with Crippen LogP contribution >= 0.6 is 0 Å². The predicted molar refractivity (Wildman–Crippen MR) is 64.8 cm³/mol. The summed E-state index contributed by atoms with van der Waals surface area (Å²) >= 11 is 0. The molecular weight excluding hydrogens is 217 g/mol. The Balaban J connectivity index is 2.25. The zero-order valence-corrected chi connectivity index (χ0v) is 10.1. The summed E-state index contributed by atoms with van der Waals surface area (Å²) in [6, 6.07) is 0. The summed E-state index contributed by atoms with van der Waals surface area (Å²) in [5.41, 5.74) is 0.193. The molecule has 1 N–H and O–H groups in total. The number of aliphatic hydroxyl groups is 1. The Morgan fingerprint density at radius 3 is 2.82 bits per heavy atom. The van der Waals surface area contributed by atoms with E-state index in [2.05, 4.69) is 10.1 Å². The third-order valence-electron chi connectivity index (χ3n) is 2.67. The zero-order chi connectivity index (χ0) is 12.6. The molecule has 88 valence electrons. The van der Waals surface area contributed by atoms with Crippen LogP contribution in [0.25, 0.3) is 5.65 Å². The van der Waals surface area contributed by atoms with Crippen molar-refractivity contribution in [3.8, 4) is 5.75 Å². The van der Waals surface area contributed by atoms with E-state index >= 15 is 0 Å². The molecule has 1 atom stereocenters. The van der Waals surface area contributed by atoms with E-state index < -0.39 is 5.60 Å². The maximum Gasteiger partial charge on any atom is 0.156 e. The number of ether oxygens (including phenoxy) is 1. The van der Waals surface area contributed by atoms with Gasteiger partial charge in [0.1, 0.15) is 19.6 Å². The molecule has 2 radical (unpaired) electrons. The lowest BCUT2D eigenvalue weighted by Gasteiger charge is -2.26. The van der Waals surface area contributed by atoms with Crippen LogP contribution in [0.1, 0.15) is 20.8 Å². The Bertz CT molecular complexity index is 533. The van der Waals surface area contributed by atoms with Gasteiger partial charge in [0.15, 0.2) is 5.75 Å². The molecule has 0 spiro atoms. The summed E-state index contributed by atoms with van der Waals surface area (Å²) in [6.07, 6.45) is 4.43. The van der Waals surface area contributed by atoms with Crippen molar-refractivity contribution in [3.05, 3.63) is 18.6 Å². The molecule has 17 heavy (non-hydrogen) atoms. The number of aromatic nitrogens is 3. The van der Waals surface area contributed by atoms with Crippen LogP contribution in [0, 0.1) is 0 Å². The van der Waals surface area contributed by atoms with Gasteiger partial charge < -0.3 is 9.84 Å². The Morgan fingerprint density at radius 2 is 2.18 bits per heavy atom. The first-order chi connectivity index (χ1) is 7.88. The lowest BCUT2D eigenvalue weighted by Crippen LogP contribution is -2.37. The molecule has 0 aliphatic rings. The van der Waals surface area contributed by atoms with Gasteiger partial charge in [0.25, 0.3) is 0 Å². The molecule has 0 unspecified atom stereocenters. The maximum absolute atomic E-state index is 9.78. The fourth-order valence-corrected chi connectivity index (χ4v) is 1.29. The molecule has 2 rings (SSSR count). The molecule has 0 fully saturated rings. The van der Waals surface area contributed by atoms with Crippen molar-refractivity contribution in [3.63, 3.8) is 0 Å². The molecule has 0 amide bonds. The van der Waals surface area contributed by atoms with Crippen LogP contribution < -0.4 is 10.2 Å². The predicted octanol–water partition coefficient (Wildman–Crippen LogP) is 0.0613. The molecule has 0 saturated carbocycles. The second-order valence-corrected chi connectivity index (χ2v) is 4.57. The first kappa shape index (κ1) is 11.9. The van der Waals surface area contributed by atoms with Crippen LogP contribution in [0.15, 0.2) is 18.6 Å². The Hall–Kier alpha value is -1.56. The maximum atomic E-state index is 9.78. The topological polar surface area (TPSA) is 59.7 Å². The van der Waals surface area contributed by atoms with E-state index in [0.717, 1.165) is 0 Å². The Kier molecular flexibility index (Phi) is 2.83. The van der Waals surface area contributed by atoms with Crippen LogP contribution in [0.5, 0.6) is 5.75 Å². The Labute approximate surface area is 101 Å². The summed E-state index contributed by atoms with van der Waals surface area (Å²) in [5.74, 6) is 0.537. The first-order valence-electron chi connectivity index (χ1n) is 5.36. The van der Waals surface area contributed by atoms with Gasteiger partial charge in [-0.1, -0.05) is 0 Å². The normalized spacial score (nSPS) is 13.9. The molecule has 2 aromatic rings. The van der Waals surface area contributed by atoms with E-state index in [1.807, 2.05) is 0 Å². The summed E-state index contributed by atoms with van der Waals surface area (Å²) in [6.45, 7) is 5.17. The molecule has 0 aliphatic heterocycles. The highest BCUT2D eigenvalue weighted by Crippen LogP contribution is 2.17. The average molecular weight is 231 g/mol. The largest absolute Gasteiger partial charge is 0.484 e. The summed E-state index contributed by atoms with van der Waals surface area (Å²) in [7, 11) is 5.67. The highest BCUT2D eigenvalue weighted by Gasteiger charge is 2.24. The van der Waals surface area contributed by atoms with Crippen LogP contribution in [0.3, 0.4) is 0 Å². The highest BCUT2D eigenvalue weighted by molar-refractivity contribution is 6.36. The van der Waals surface area contributed by atoms with Crippen LogP contribution in [0.4, 0.5) is 0 Å². The van der Waals surface area contributed by atoms with Crippen molar-refractivity contribution in [2.45, 2.75) is 32.5 Å². The lowest BCUT2D eigenvalue weighted by atomic mass is 10.0. The number of fused-ring (bicyclic) bond motifs is 1. The van der Waals surface area contributed by atoms with Crippen molar-refractivity contribution in [1.82, 2.24) is 14.6 Å². The molecule has 0 bridgehead atoms. The van der Waals surface area contributed by atoms with Crippen LogP contribution in [-0.2, 0) is 0 Å². The highest BCUT2D eigenvalue weighted by atomic mass is 16.5. The van der Waals surface area contributed by atoms with Crippen molar-refractivity contribution in [2.24, 2.45) is 0 Å². The van der Waals surface area contributed by atoms with Crippen LogP contribution in [-0.4, -0.2) is 39.3 Å². The fourth-order valence-electron chi connectivity index (χ4n) is 1.29. The van der Waals surface area contributed by atoms with Crippen molar-refractivity contribution in [1.29, 1.82) is 0 Å². The van der Waals surface area contributed by atoms with Gasteiger partial charge in [-0.2, -0.15) is 5.10 Å². The van der Waals surface area contributed by atoms with Gasteiger partial charge in [0, 0.05) is 6.20 Å². The first-order valence-corrected chi connectivity index (χ1v) is 5.36. The average Bonchev–Trinajstić information content (AvgIpc) is 2.59. The van der Waals surface area contributed by atoms with Gasteiger partial charge in [-0.05, 0) is 26.2 Å². The van der Waals surface area contributed by atoms with E-state index in [9.17, 15) is 5.11 Å². The van der Waals surface area contributed by atoms with Crippen molar-refractivity contribution in [2.75, 3.05) is 0 Å². The van der Waals surface area contributed by atoms with E-state index in [0.29, 0.717) is 16.9 Å². The zero-order valence-electron chi connectivity index (χ0n) is 10.1. The van der Waals surface area contributed by atoms with Crippen LogP contribution in [0.2, 0.25) is 0 Å². The molecule has 0 aromatic carbocycles. The molecule has 5 nitrogen and oxygen atoms in total. The number of hydrogen-bond acceptors (Lipinski definition) is 4. The molecule has 0 saturated heterocycles. The minimum absolute atomic E-state index is 0.352. The van der Waals surface area contributed by atoms with E-state index in [1.165, 1.54) is 6.20 Å². The van der Waals surface area contributed by atoms with Gasteiger partial charge in [-0.15, -0.1) is 0 Å². The van der Waals surface area contributed by atoms with Gasteiger partial charge in [0.05, 0.1) is 18.0 Å². The minimum atomic E-state index is -0.919. The van der Waals surface area contributed by atoms with Gasteiger partial charge in [0.2, 0.25) is 0 Å². The molecular formula is C11H14BN3O2. The number of hydrogen-bond donors (Lipinski definition) is 1. The quantitative estimate of drug-likeness (QED) is 0.759. The van der Waals surface area contributed by atoms with Gasteiger partial charge >= 0.3 is 0 Å². The monoisotopic (exact) mass is 231 g/mol. The third kappa shape index (κ3) is 2.41. The third-order valence-corrected chi connectivity index (χ3v) is 2.67. The molecule has 0 aliphatic carbocycles. The second-order valence-electron chi connectivity index (χ2n) is 4.57. The SMILES string of the molecule is [B]c1cnn2cc(O[C@@H](C)C(C)(C)O)cnc12. The Morgan fingerprint density at radius 1 is 1.47 bits per heavy atom. The number of rotatable bonds is 3. The minimum Gasteiger partial charge on any atom is -0.484 e. The summed E-state index contributed by atoms with van der Waals surface area (Å²) < 4.78 is 7.13. The van der Waals surface area contributed by atoms with Gasteiger partial charge in [-0.3, -0.25) is 0 Å². The molecule has 2 heterocycles. The second kappa shape index (κ2) is 4.03. The van der Waals surface area contributed by atoms with E-state index in [4.69, 9.17) is 12.6 Å². The standard InChI is InChI=1S/C11H14BN3O2/c1-7(11(2,3)16)17-8-4-13-10-9(12)5-14-15(10)6-8/h4-7,16H,1-3H3/t7-/m0/s1. The molecule has 2 aromatic heterocycles. The smallest absolute Gasteiger partial charge is 0.156 e. The number of nitrogens with zero attached hydrogens (tertiary/aromatic N) is 3. The lowest BCUT2D eigenvalue weighted by molar-refractivity contribution is -0.0244. The fraction of sp³-hybridized carbons (Fsp3) is 0.455. The van der Waals surface area contributed by atoms with E-state index in [1.54, 1.807) is 37.7 Å². The van der Waals surface area contributed by atoms with E-state index in [-0.39, 0.29) is 6.10 Å². The summed E-state index contributed by atoms with van der Waals surface area (Å²) in [5, 5.41) is 13.8. The molecule has 6 heteroatoms. The summed E-state index contributed by atoms with van der Waals surface area (Å²) in [4.78, 5) is 4.14. The van der Waals surface area contributed by atoms with Crippen molar-refractivity contribution < 1.29 is 9.84 Å². The van der Waals surface area contributed by atoms with Gasteiger partial charge in [-0.25, -0.2) is 9.50 Å².